The first-order valence-electron chi connectivity index (χ1n) is 6.08. The maximum Gasteiger partial charge on any atom is 0.335 e. The van der Waals surface area contributed by atoms with Crippen molar-refractivity contribution in [3.05, 3.63) is 66.2 Å². The van der Waals surface area contributed by atoms with Crippen molar-refractivity contribution in [2.24, 2.45) is 0 Å². The van der Waals surface area contributed by atoms with E-state index < -0.39 is 5.97 Å². The fourth-order valence-electron chi connectivity index (χ4n) is 1.47. The number of rotatable bonds is 3. The summed E-state index contributed by atoms with van der Waals surface area (Å²) in [7, 11) is 0. The number of hydrogen-bond acceptors (Lipinski definition) is 4. The molecule has 0 fully saturated rings. The molecule has 0 bridgehead atoms. The van der Waals surface area contributed by atoms with Crippen LogP contribution in [0.15, 0.2) is 55.1 Å². The predicted octanol–water partition coefficient (Wildman–Crippen LogP) is 2.92. The molecule has 0 saturated carbocycles. The van der Waals surface area contributed by atoms with E-state index in [4.69, 9.17) is 20.4 Å². The first kappa shape index (κ1) is 16.1. The Morgan fingerprint density at radius 1 is 1.00 bits per heavy atom. The molecular formula is C16H16O5. The van der Waals surface area contributed by atoms with E-state index in [1.165, 1.54) is 36.4 Å². The van der Waals surface area contributed by atoms with Crippen LogP contribution >= 0.6 is 0 Å². The summed E-state index contributed by atoms with van der Waals surface area (Å²) in [6.07, 6.45) is 2.44. The molecule has 0 saturated heterocycles. The fourth-order valence-corrected chi connectivity index (χ4v) is 1.47. The van der Waals surface area contributed by atoms with Gasteiger partial charge in [0.05, 0.1) is 5.56 Å². The molecule has 4 N–H and O–H groups in total. The first-order chi connectivity index (χ1) is 9.93. The molecule has 0 aliphatic carbocycles. The highest BCUT2D eigenvalue weighted by Gasteiger charge is 1.99. The molecule has 0 radical (unpaired) electrons. The Bertz CT molecular complexity index is 617. The molecule has 0 aliphatic heterocycles. The number of hydrogen-bond donors (Lipinski definition) is 4. The van der Waals surface area contributed by atoms with Crippen molar-refractivity contribution in [3.8, 4) is 17.2 Å². The van der Waals surface area contributed by atoms with Crippen LogP contribution in [0.5, 0.6) is 17.2 Å². The second-order valence-corrected chi connectivity index (χ2v) is 4.17. The lowest BCUT2D eigenvalue weighted by Crippen LogP contribution is -1.93. The van der Waals surface area contributed by atoms with Crippen molar-refractivity contribution in [3.63, 3.8) is 0 Å². The number of benzene rings is 2. The molecule has 2 rings (SSSR count). The van der Waals surface area contributed by atoms with Crippen molar-refractivity contribution in [1.29, 1.82) is 0 Å². The van der Waals surface area contributed by atoms with E-state index in [0.29, 0.717) is 6.42 Å². The predicted molar refractivity (Wildman–Crippen MR) is 78.7 cm³/mol. The van der Waals surface area contributed by atoms with Gasteiger partial charge in [0.2, 0.25) is 0 Å². The number of aromatic hydroxyl groups is 3. The molecule has 0 unspecified atom stereocenters. The summed E-state index contributed by atoms with van der Waals surface area (Å²) in [5, 5.41) is 35.1. The minimum absolute atomic E-state index is 0.0741. The van der Waals surface area contributed by atoms with Crippen LogP contribution in [0.2, 0.25) is 0 Å². The highest BCUT2D eigenvalue weighted by atomic mass is 16.4. The molecule has 0 aromatic heterocycles. The van der Waals surface area contributed by atoms with Gasteiger partial charge in [-0.25, -0.2) is 4.79 Å². The van der Waals surface area contributed by atoms with Crippen molar-refractivity contribution in [2.45, 2.75) is 6.42 Å². The van der Waals surface area contributed by atoms with Gasteiger partial charge in [0, 0.05) is 0 Å². The van der Waals surface area contributed by atoms with E-state index in [1.54, 1.807) is 12.1 Å². The summed E-state index contributed by atoms with van der Waals surface area (Å²) in [5.41, 5.74) is 1.12. The Balaban J connectivity index is 0.000000211. The van der Waals surface area contributed by atoms with Crippen LogP contribution in [0, 0.1) is 0 Å². The molecule has 21 heavy (non-hydrogen) atoms. The monoisotopic (exact) mass is 288 g/mol. The zero-order valence-electron chi connectivity index (χ0n) is 11.2. The second kappa shape index (κ2) is 7.59. The Kier molecular flexibility index (Phi) is 5.82. The third-order valence-corrected chi connectivity index (χ3v) is 2.53. The van der Waals surface area contributed by atoms with Crippen molar-refractivity contribution < 1.29 is 25.2 Å². The van der Waals surface area contributed by atoms with E-state index in [9.17, 15) is 4.79 Å². The van der Waals surface area contributed by atoms with Gasteiger partial charge in [-0.3, -0.25) is 0 Å². The Labute approximate surface area is 122 Å². The van der Waals surface area contributed by atoms with Crippen LogP contribution in [0.4, 0.5) is 0 Å². The number of allylic oxidation sites excluding steroid dienone is 1. The average Bonchev–Trinajstić information content (AvgIpc) is 2.44. The van der Waals surface area contributed by atoms with E-state index >= 15 is 0 Å². The number of aromatic carboxylic acids is 1. The van der Waals surface area contributed by atoms with Crippen LogP contribution in [-0.4, -0.2) is 26.4 Å². The van der Waals surface area contributed by atoms with E-state index in [2.05, 4.69) is 6.58 Å². The molecule has 0 spiro atoms. The molecule has 0 aliphatic rings. The SMILES string of the molecule is C=CCc1ccc(O)c(O)c1.O=C(O)c1ccc(O)cc1. The maximum absolute atomic E-state index is 10.2. The molecular weight excluding hydrogens is 272 g/mol. The molecule has 5 heteroatoms. The van der Waals surface area contributed by atoms with Gasteiger partial charge in [-0.1, -0.05) is 12.1 Å². The quantitative estimate of drug-likeness (QED) is 0.514. The summed E-state index contributed by atoms with van der Waals surface area (Å²) < 4.78 is 0. The van der Waals surface area contributed by atoms with Gasteiger partial charge in [0.15, 0.2) is 11.5 Å². The van der Waals surface area contributed by atoms with Gasteiger partial charge >= 0.3 is 5.97 Å². The van der Waals surface area contributed by atoms with Crippen molar-refractivity contribution >= 4 is 5.97 Å². The van der Waals surface area contributed by atoms with Gasteiger partial charge < -0.3 is 20.4 Å². The number of phenols is 3. The highest BCUT2D eigenvalue weighted by molar-refractivity contribution is 5.87. The molecule has 5 nitrogen and oxygen atoms in total. The number of phenolic OH excluding ortho intramolecular Hbond substituents is 3. The maximum atomic E-state index is 10.2. The lowest BCUT2D eigenvalue weighted by atomic mass is 10.1. The summed E-state index contributed by atoms with van der Waals surface area (Å²) in [5.74, 6) is -1.08. The summed E-state index contributed by atoms with van der Waals surface area (Å²) in [6, 6.07) is 10.1. The first-order valence-corrected chi connectivity index (χ1v) is 6.08. The van der Waals surface area contributed by atoms with Crippen molar-refractivity contribution in [1.82, 2.24) is 0 Å². The van der Waals surface area contributed by atoms with Crippen LogP contribution in [0.1, 0.15) is 15.9 Å². The zero-order valence-corrected chi connectivity index (χ0v) is 11.2. The number of carboxylic acid groups (broad SMARTS) is 1. The molecule has 2 aromatic rings. The van der Waals surface area contributed by atoms with Crippen LogP contribution < -0.4 is 0 Å². The van der Waals surface area contributed by atoms with E-state index in [0.717, 1.165) is 5.56 Å². The summed E-state index contributed by atoms with van der Waals surface area (Å²) in [6.45, 7) is 3.56. The lowest BCUT2D eigenvalue weighted by molar-refractivity contribution is 0.0697. The highest BCUT2D eigenvalue weighted by Crippen LogP contribution is 2.24. The normalized spacial score (nSPS) is 9.33. The summed E-state index contributed by atoms with van der Waals surface area (Å²) >= 11 is 0. The van der Waals surface area contributed by atoms with Crippen LogP contribution in [-0.2, 0) is 6.42 Å². The minimum atomic E-state index is -0.986. The Morgan fingerprint density at radius 2 is 1.62 bits per heavy atom. The Hall–Kier alpha value is -2.95. The molecule has 0 heterocycles. The van der Waals surface area contributed by atoms with Gasteiger partial charge in [0.1, 0.15) is 5.75 Å². The van der Waals surface area contributed by atoms with Crippen molar-refractivity contribution in [2.75, 3.05) is 0 Å². The van der Waals surface area contributed by atoms with Crippen LogP contribution in [0.3, 0.4) is 0 Å². The minimum Gasteiger partial charge on any atom is -0.508 e. The molecule has 0 amide bonds. The molecule has 2 aromatic carbocycles. The van der Waals surface area contributed by atoms with E-state index in [-0.39, 0.29) is 22.8 Å². The standard InChI is InChI=1S/C9H10O2.C7H6O3/c1-2-3-7-4-5-8(10)9(11)6-7;8-6-3-1-5(2-4-6)7(9)10/h2,4-6,10-11H,1,3H2;1-4,8H,(H,9,10). The van der Waals surface area contributed by atoms with Gasteiger partial charge in [-0.2, -0.15) is 0 Å². The fraction of sp³-hybridized carbons (Fsp3) is 0.0625. The number of carbonyl (C=O) groups is 1. The van der Waals surface area contributed by atoms with Gasteiger partial charge in [0.25, 0.3) is 0 Å². The third-order valence-electron chi connectivity index (χ3n) is 2.53. The molecule has 0 atom stereocenters. The van der Waals surface area contributed by atoms with Gasteiger partial charge in [-0.15, -0.1) is 6.58 Å². The third kappa shape index (κ3) is 5.28. The topological polar surface area (TPSA) is 98.0 Å². The van der Waals surface area contributed by atoms with E-state index in [1.807, 2.05) is 0 Å². The second-order valence-electron chi connectivity index (χ2n) is 4.17. The molecule has 110 valence electrons. The number of carboxylic acids is 1. The largest absolute Gasteiger partial charge is 0.508 e. The zero-order chi connectivity index (χ0) is 15.8. The Morgan fingerprint density at radius 3 is 2.10 bits per heavy atom. The van der Waals surface area contributed by atoms with Gasteiger partial charge in [-0.05, 0) is 48.4 Å². The van der Waals surface area contributed by atoms with Crippen LogP contribution in [0.25, 0.3) is 0 Å². The smallest absolute Gasteiger partial charge is 0.335 e. The summed E-state index contributed by atoms with van der Waals surface area (Å²) in [4.78, 5) is 10.2. The lowest BCUT2D eigenvalue weighted by Gasteiger charge is -1.99. The average molecular weight is 288 g/mol.